The van der Waals surface area contributed by atoms with Crippen molar-refractivity contribution >= 4 is 17.7 Å². The van der Waals surface area contributed by atoms with Crippen molar-refractivity contribution < 1.29 is 14.3 Å². The molecule has 1 aromatic carbocycles. The minimum Gasteiger partial charge on any atom is -0.478 e. The van der Waals surface area contributed by atoms with Gasteiger partial charge < -0.3 is 10.0 Å². The summed E-state index contributed by atoms with van der Waals surface area (Å²) in [6, 6.07) is 4.72. The van der Waals surface area contributed by atoms with E-state index in [9.17, 15) is 9.18 Å². The summed E-state index contributed by atoms with van der Waals surface area (Å²) in [5, 5.41) is 8.67. The maximum absolute atomic E-state index is 14.0. The highest BCUT2D eigenvalue weighted by atomic mass is 19.1. The lowest BCUT2D eigenvalue weighted by molar-refractivity contribution is -0.131. The summed E-state index contributed by atoms with van der Waals surface area (Å²) >= 11 is 0. The van der Waals surface area contributed by atoms with Crippen LogP contribution in [0.4, 0.5) is 10.1 Å². The maximum atomic E-state index is 14.0. The maximum Gasteiger partial charge on any atom is 0.328 e. The van der Waals surface area contributed by atoms with Crippen LogP contribution in [0.1, 0.15) is 18.9 Å². The van der Waals surface area contributed by atoms with Gasteiger partial charge >= 0.3 is 5.97 Å². The van der Waals surface area contributed by atoms with E-state index in [0.717, 1.165) is 12.6 Å². The summed E-state index contributed by atoms with van der Waals surface area (Å²) in [6.45, 7) is 2.99. The first-order valence-corrected chi connectivity index (χ1v) is 6.39. The molecule has 0 aliphatic heterocycles. The number of benzene rings is 1. The molecule has 2 rings (SSSR count). The molecular formula is C15H18FNO2. The molecule has 2 unspecified atom stereocenters. The lowest BCUT2D eigenvalue weighted by Crippen LogP contribution is -2.22. The SMILES string of the molecule is CC1CC1CN(C)c1c(F)cccc1/C=C/C(=O)O. The van der Waals surface area contributed by atoms with Crippen LogP contribution in [-0.4, -0.2) is 24.7 Å². The molecule has 0 spiro atoms. The number of para-hydroxylation sites is 1. The number of carboxylic acid groups (broad SMARTS) is 1. The molecule has 0 amide bonds. The summed E-state index contributed by atoms with van der Waals surface area (Å²) < 4.78 is 14.0. The molecule has 1 fully saturated rings. The van der Waals surface area contributed by atoms with E-state index in [2.05, 4.69) is 6.92 Å². The average Bonchev–Trinajstić information content (AvgIpc) is 3.01. The van der Waals surface area contributed by atoms with E-state index in [4.69, 9.17) is 5.11 Å². The van der Waals surface area contributed by atoms with Gasteiger partial charge in [-0.1, -0.05) is 19.1 Å². The number of rotatable bonds is 5. The van der Waals surface area contributed by atoms with Crippen molar-refractivity contribution in [3.63, 3.8) is 0 Å². The minimum atomic E-state index is -1.03. The lowest BCUT2D eigenvalue weighted by atomic mass is 10.1. The molecule has 1 aliphatic rings. The second-order valence-corrected chi connectivity index (χ2v) is 5.20. The highest BCUT2D eigenvalue weighted by molar-refractivity contribution is 5.87. The number of anilines is 1. The zero-order valence-corrected chi connectivity index (χ0v) is 11.1. The smallest absolute Gasteiger partial charge is 0.328 e. The zero-order chi connectivity index (χ0) is 14.0. The van der Waals surface area contributed by atoms with Gasteiger partial charge in [0.2, 0.25) is 0 Å². The van der Waals surface area contributed by atoms with Gasteiger partial charge in [0, 0.05) is 25.2 Å². The molecule has 19 heavy (non-hydrogen) atoms. The number of carbonyl (C=O) groups is 1. The minimum absolute atomic E-state index is 0.316. The normalized spacial score (nSPS) is 21.6. The third-order valence-corrected chi connectivity index (χ3v) is 3.59. The van der Waals surface area contributed by atoms with Gasteiger partial charge in [0.25, 0.3) is 0 Å². The molecule has 0 heterocycles. The van der Waals surface area contributed by atoms with Gasteiger partial charge in [0.1, 0.15) is 5.82 Å². The molecule has 0 saturated heterocycles. The number of aliphatic carboxylic acids is 1. The average molecular weight is 263 g/mol. The fraction of sp³-hybridized carbons (Fsp3) is 0.400. The molecule has 102 valence electrons. The molecule has 0 radical (unpaired) electrons. The topological polar surface area (TPSA) is 40.5 Å². The Hall–Kier alpha value is -1.84. The van der Waals surface area contributed by atoms with Gasteiger partial charge in [-0.2, -0.15) is 0 Å². The van der Waals surface area contributed by atoms with Gasteiger partial charge in [-0.25, -0.2) is 9.18 Å². The van der Waals surface area contributed by atoms with E-state index >= 15 is 0 Å². The Morgan fingerprint density at radius 3 is 2.84 bits per heavy atom. The second kappa shape index (κ2) is 5.43. The summed E-state index contributed by atoms with van der Waals surface area (Å²) in [4.78, 5) is 12.5. The predicted molar refractivity (Wildman–Crippen MR) is 73.6 cm³/mol. The van der Waals surface area contributed by atoms with Crippen molar-refractivity contribution in [3.8, 4) is 0 Å². The Bertz CT molecular complexity index is 513. The van der Waals surface area contributed by atoms with Gasteiger partial charge in [0.15, 0.2) is 0 Å². The van der Waals surface area contributed by atoms with Crippen molar-refractivity contribution in [2.24, 2.45) is 11.8 Å². The molecule has 4 heteroatoms. The van der Waals surface area contributed by atoms with E-state index < -0.39 is 5.97 Å². The van der Waals surface area contributed by atoms with Crippen LogP contribution in [0.3, 0.4) is 0 Å². The Morgan fingerprint density at radius 1 is 1.58 bits per heavy atom. The highest BCUT2D eigenvalue weighted by Crippen LogP contribution is 2.39. The highest BCUT2D eigenvalue weighted by Gasteiger charge is 2.33. The molecular weight excluding hydrogens is 245 g/mol. The number of hydrogen-bond acceptors (Lipinski definition) is 2. The van der Waals surface area contributed by atoms with Gasteiger partial charge in [-0.3, -0.25) is 0 Å². The van der Waals surface area contributed by atoms with Gasteiger partial charge in [-0.15, -0.1) is 0 Å². The first kappa shape index (κ1) is 13.6. The quantitative estimate of drug-likeness (QED) is 0.830. The molecule has 1 N–H and O–H groups in total. The van der Waals surface area contributed by atoms with E-state index in [0.29, 0.717) is 23.1 Å². The van der Waals surface area contributed by atoms with Crippen molar-refractivity contribution in [1.82, 2.24) is 0 Å². The molecule has 0 bridgehead atoms. The van der Waals surface area contributed by atoms with Crippen LogP contribution in [0, 0.1) is 17.7 Å². The number of hydrogen-bond donors (Lipinski definition) is 1. The molecule has 0 aromatic heterocycles. The van der Waals surface area contributed by atoms with Crippen LogP contribution in [0.15, 0.2) is 24.3 Å². The van der Waals surface area contributed by atoms with Crippen LogP contribution in [0.2, 0.25) is 0 Å². The summed E-state index contributed by atoms with van der Waals surface area (Å²) in [6.07, 6.45) is 3.65. The summed E-state index contributed by atoms with van der Waals surface area (Å²) in [7, 11) is 1.85. The first-order valence-electron chi connectivity index (χ1n) is 6.39. The Labute approximate surface area is 112 Å². The third-order valence-electron chi connectivity index (χ3n) is 3.59. The second-order valence-electron chi connectivity index (χ2n) is 5.20. The summed E-state index contributed by atoms with van der Waals surface area (Å²) in [5.74, 6) is -0.0369. The largest absolute Gasteiger partial charge is 0.478 e. The number of nitrogens with zero attached hydrogens (tertiary/aromatic N) is 1. The molecule has 1 saturated carbocycles. The van der Waals surface area contributed by atoms with Crippen LogP contribution in [0.5, 0.6) is 0 Å². The first-order chi connectivity index (χ1) is 8.99. The van der Waals surface area contributed by atoms with E-state index in [1.807, 2.05) is 11.9 Å². The van der Waals surface area contributed by atoms with E-state index in [-0.39, 0.29) is 5.82 Å². The van der Waals surface area contributed by atoms with Crippen molar-refractivity contribution in [1.29, 1.82) is 0 Å². The van der Waals surface area contributed by atoms with E-state index in [1.54, 1.807) is 12.1 Å². The van der Waals surface area contributed by atoms with Crippen LogP contribution >= 0.6 is 0 Å². The van der Waals surface area contributed by atoms with Gasteiger partial charge in [-0.05, 0) is 30.4 Å². The van der Waals surface area contributed by atoms with Crippen LogP contribution < -0.4 is 4.90 Å². The van der Waals surface area contributed by atoms with Gasteiger partial charge in [0.05, 0.1) is 5.69 Å². The summed E-state index contributed by atoms with van der Waals surface area (Å²) in [5.41, 5.74) is 1.07. The van der Waals surface area contributed by atoms with Crippen molar-refractivity contribution in [2.75, 3.05) is 18.5 Å². The molecule has 2 atom stereocenters. The van der Waals surface area contributed by atoms with E-state index in [1.165, 1.54) is 18.6 Å². The van der Waals surface area contributed by atoms with Crippen LogP contribution in [-0.2, 0) is 4.79 Å². The fourth-order valence-corrected chi connectivity index (χ4v) is 2.33. The predicted octanol–water partition coefficient (Wildman–Crippen LogP) is 3.02. The Kier molecular flexibility index (Phi) is 3.88. The van der Waals surface area contributed by atoms with Crippen LogP contribution in [0.25, 0.3) is 6.08 Å². The Morgan fingerprint density at radius 2 is 2.26 bits per heavy atom. The van der Waals surface area contributed by atoms with Crippen molar-refractivity contribution in [2.45, 2.75) is 13.3 Å². The zero-order valence-electron chi connectivity index (χ0n) is 11.1. The monoisotopic (exact) mass is 263 g/mol. The number of halogens is 1. The molecule has 1 aromatic rings. The number of carboxylic acids is 1. The standard InChI is InChI=1S/C15H18FNO2/c1-10-8-12(10)9-17(2)15-11(6-7-14(18)19)4-3-5-13(15)16/h3-7,10,12H,8-9H2,1-2H3,(H,18,19)/b7-6+. The lowest BCUT2D eigenvalue weighted by Gasteiger charge is -2.22. The molecule has 3 nitrogen and oxygen atoms in total. The van der Waals surface area contributed by atoms with Crippen molar-refractivity contribution in [3.05, 3.63) is 35.7 Å². The third kappa shape index (κ3) is 3.34. The fourth-order valence-electron chi connectivity index (χ4n) is 2.33. The Balaban J connectivity index is 2.23. The molecule has 1 aliphatic carbocycles.